The standard InChI is InChI=1S/C11H14O2/c1-7-5-6-10(13-7)11(12)8-3-2-4-9(8)11/h5-6,8-9,12H,2-4H2,1H3. The van der Waals surface area contributed by atoms with Crippen molar-refractivity contribution >= 4 is 0 Å². The molecule has 0 amide bonds. The number of aliphatic hydroxyl groups is 1. The van der Waals surface area contributed by atoms with Gasteiger partial charge in [0.25, 0.3) is 0 Å². The lowest BCUT2D eigenvalue weighted by atomic mass is 10.1. The lowest BCUT2D eigenvalue weighted by molar-refractivity contribution is 0.0796. The minimum atomic E-state index is -0.591. The van der Waals surface area contributed by atoms with Crippen LogP contribution in [0.2, 0.25) is 0 Å². The fourth-order valence-electron chi connectivity index (χ4n) is 2.94. The van der Waals surface area contributed by atoms with E-state index in [2.05, 4.69) is 0 Å². The third-order valence-electron chi connectivity index (χ3n) is 3.67. The summed E-state index contributed by atoms with van der Waals surface area (Å²) in [5, 5.41) is 10.3. The average molecular weight is 178 g/mol. The van der Waals surface area contributed by atoms with Crippen LogP contribution in [0.3, 0.4) is 0 Å². The van der Waals surface area contributed by atoms with Crippen LogP contribution in [0.4, 0.5) is 0 Å². The monoisotopic (exact) mass is 178 g/mol. The molecular weight excluding hydrogens is 164 g/mol. The highest BCUT2D eigenvalue weighted by Crippen LogP contribution is 2.66. The highest BCUT2D eigenvalue weighted by atomic mass is 16.4. The fraction of sp³-hybridized carbons (Fsp3) is 0.636. The summed E-state index contributed by atoms with van der Waals surface area (Å²) in [6.07, 6.45) is 3.61. The van der Waals surface area contributed by atoms with Crippen LogP contribution in [0.5, 0.6) is 0 Å². The molecule has 0 aromatic carbocycles. The number of furan rings is 1. The van der Waals surface area contributed by atoms with Crippen LogP contribution in [0, 0.1) is 18.8 Å². The van der Waals surface area contributed by atoms with Gasteiger partial charge in [0.1, 0.15) is 17.1 Å². The molecule has 1 N–H and O–H groups in total. The predicted molar refractivity (Wildman–Crippen MR) is 48.2 cm³/mol. The Morgan fingerprint density at radius 3 is 2.62 bits per heavy atom. The molecule has 2 saturated carbocycles. The average Bonchev–Trinajstić information content (AvgIpc) is 2.61. The van der Waals surface area contributed by atoms with E-state index in [4.69, 9.17) is 4.42 Å². The van der Waals surface area contributed by atoms with E-state index in [9.17, 15) is 5.11 Å². The molecular formula is C11H14O2. The third-order valence-corrected chi connectivity index (χ3v) is 3.67. The Kier molecular flexibility index (Phi) is 1.28. The first-order chi connectivity index (χ1) is 6.23. The first kappa shape index (κ1) is 7.63. The third kappa shape index (κ3) is 0.819. The maximum Gasteiger partial charge on any atom is 0.136 e. The molecule has 70 valence electrons. The van der Waals surface area contributed by atoms with Crippen LogP contribution >= 0.6 is 0 Å². The largest absolute Gasteiger partial charge is 0.463 e. The second-order valence-electron chi connectivity index (χ2n) is 4.38. The van der Waals surface area contributed by atoms with Crippen molar-refractivity contribution in [1.82, 2.24) is 0 Å². The van der Waals surface area contributed by atoms with Crippen LogP contribution in [-0.2, 0) is 5.60 Å². The van der Waals surface area contributed by atoms with Gasteiger partial charge in [-0.3, -0.25) is 0 Å². The van der Waals surface area contributed by atoms with Crippen molar-refractivity contribution in [2.24, 2.45) is 11.8 Å². The number of hydrogen-bond acceptors (Lipinski definition) is 2. The van der Waals surface area contributed by atoms with Crippen LogP contribution < -0.4 is 0 Å². The van der Waals surface area contributed by atoms with Crippen molar-refractivity contribution in [2.75, 3.05) is 0 Å². The first-order valence-electron chi connectivity index (χ1n) is 5.02. The molecule has 2 atom stereocenters. The molecule has 1 heterocycles. The summed E-state index contributed by atoms with van der Waals surface area (Å²) in [5.74, 6) is 2.66. The molecule has 3 rings (SSSR count). The van der Waals surface area contributed by atoms with Crippen LogP contribution in [0.25, 0.3) is 0 Å². The molecule has 2 unspecified atom stereocenters. The van der Waals surface area contributed by atoms with Crippen molar-refractivity contribution < 1.29 is 9.52 Å². The Morgan fingerprint density at radius 1 is 1.38 bits per heavy atom. The maximum absolute atomic E-state index is 10.3. The Labute approximate surface area is 77.6 Å². The first-order valence-corrected chi connectivity index (χ1v) is 5.02. The molecule has 2 nitrogen and oxygen atoms in total. The maximum atomic E-state index is 10.3. The molecule has 2 aliphatic carbocycles. The minimum absolute atomic E-state index is 0.484. The molecule has 1 aromatic heterocycles. The number of hydrogen-bond donors (Lipinski definition) is 1. The molecule has 0 bridgehead atoms. The molecule has 2 fully saturated rings. The molecule has 0 spiro atoms. The Hall–Kier alpha value is -0.760. The van der Waals surface area contributed by atoms with Gasteiger partial charge in [0, 0.05) is 11.8 Å². The van der Waals surface area contributed by atoms with Crippen molar-refractivity contribution in [3.05, 3.63) is 23.7 Å². The van der Waals surface area contributed by atoms with E-state index >= 15 is 0 Å². The number of aryl methyl sites for hydroxylation is 1. The van der Waals surface area contributed by atoms with E-state index in [0.717, 1.165) is 11.5 Å². The predicted octanol–water partition coefficient (Wildman–Crippen LogP) is 2.21. The Bertz CT molecular complexity index is 330. The van der Waals surface area contributed by atoms with Gasteiger partial charge in [-0.1, -0.05) is 6.42 Å². The number of fused-ring (bicyclic) bond motifs is 1. The lowest BCUT2D eigenvalue weighted by Crippen LogP contribution is -2.11. The van der Waals surface area contributed by atoms with Gasteiger partial charge < -0.3 is 9.52 Å². The van der Waals surface area contributed by atoms with Gasteiger partial charge in [0.15, 0.2) is 0 Å². The van der Waals surface area contributed by atoms with E-state index in [-0.39, 0.29) is 0 Å². The molecule has 2 aliphatic rings. The molecule has 2 heteroatoms. The Balaban J connectivity index is 1.95. The zero-order valence-electron chi connectivity index (χ0n) is 7.79. The van der Waals surface area contributed by atoms with Crippen molar-refractivity contribution in [2.45, 2.75) is 31.8 Å². The van der Waals surface area contributed by atoms with Gasteiger partial charge in [-0.05, 0) is 31.9 Å². The lowest BCUT2D eigenvalue weighted by Gasteiger charge is -2.10. The smallest absolute Gasteiger partial charge is 0.136 e. The van der Waals surface area contributed by atoms with Gasteiger partial charge in [-0.15, -0.1) is 0 Å². The van der Waals surface area contributed by atoms with Gasteiger partial charge >= 0.3 is 0 Å². The molecule has 13 heavy (non-hydrogen) atoms. The van der Waals surface area contributed by atoms with Crippen LogP contribution in [0.15, 0.2) is 16.5 Å². The summed E-state index contributed by atoms with van der Waals surface area (Å²) in [5.41, 5.74) is -0.591. The summed E-state index contributed by atoms with van der Waals surface area (Å²) in [4.78, 5) is 0. The van der Waals surface area contributed by atoms with E-state index in [1.54, 1.807) is 0 Å². The fourth-order valence-corrected chi connectivity index (χ4v) is 2.94. The summed E-state index contributed by atoms with van der Waals surface area (Å²) >= 11 is 0. The normalized spacial score (nSPS) is 42.0. The SMILES string of the molecule is Cc1ccc(C2(O)C3CCCC32)o1. The minimum Gasteiger partial charge on any atom is -0.463 e. The quantitative estimate of drug-likeness (QED) is 0.715. The van der Waals surface area contributed by atoms with Crippen molar-refractivity contribution in [1.29, 1.82) is 0 Å². The van der Waals surface area contributed by atoms with Gasteiger partial charge in [0.2, 0.25) is 0 Å². The van der Waals surface area contributed by atoms with Crippen molar-refractivity contribution in [3.8, 4) is 0 Å². The van der Waals surface area contributed by atoms with Gasteiger partial charge in [0.05, 0.1) is 0 Å². The summed E-state index contributed by atoms with van der Waals surface area (Å²) in [6, 6.07) is 3.86. The van der Waals surface area contributed by atoms with E-state index in [1.165, 1.54) is 19.3 Å². The highest BCUT2D eigenvalue weighted by molar-refractivity contribution is 5.27. The van der Waals surface area contributed by atoms with Gasteiger partial charge in [-0.25, -0.2) is 0 Å². The van der Waals surface area contributed by atoms with E-state index < -0.39 is 5.60 Å². The Morgan fingerprint density at radius 2 is 2.08 bits per heavy atom. The molecule has 0 radical (unpaired) electrons. The van der Waals surface area contributed by atoms with Crippen molar-refractivity contribution in [3.63, 3.8) is 0 Å². The molecule has 1 aromatic rings. The van der Waals surface area contributed by atoms with E-state index in [0.29, 0.717) is 11.8 Å². The second-order valence-corrected chi connectivity index (χ2v) is 4.38. The summed E-state index contributed by atoms with van der Waals surface area (Å²) in [6.45, 7) is 1.92. The summed E-state index contributed by atoms with van der Waals surface area (Å²) < 4.78 is 5.50. The summed E-state index contributed by atoms with van der Waals surface area (Å²) in [7, 11) is 0. The van der Waals surface area contributed by atoms with Gasteiger partial charge in [-0.2, -0.15) is 0 Å². The molecule has 0 aliphatic heterocycles. The topological polar surface area (TPSA) is 33.4 Å². The second kappa shape index (κ2) is 2.18. The zero-order valence-corrected chi connectivity index (χ0v) is 7.79. The zero-order chi connectivity index (χ0) is 9.05. The van der Waals surface area contributed by atoms with Crippen LogP contribution in [-0.4, -0.2) is 5.11 Å². The molecule has 0 saturated heterocycles. The van der Waals surface area contributed by atoms with E-state index in [1.807, 2.05) is 19.1 Å². The van der Waals surface area contributed by atoms with Crippen LogP contribution in [0.1, 0.15) is 30.8 Å². The highest BCUT2D eigenvalue weighted by Gasteiger charge is 2.68. The number of rotatable bonds is 1.